The van der Waals surface area contributed by atoms with Gasteiger partial charge in [0.05, 0.1) is 13.2 Å². The van der Waals surface area contributed by atoms with Gasteiger partial charge in [-0.15, -0.1) is 0 Å². The van der Waals surface area contributed by atoms with Crippen LogP contribution >= 0.6 is 8.60 Å². The second-order valence-corrected chi connectivity index (χ2v) is 11.1. The first-order chi connectivity index (χ1) is 16.5. The van der Waals surface area contributed by atoms with Gasteiger partial charge in [0, 0.05) is 0 Å². The molecular formula is C26H57O6PTi. The van der Waals surface area contributed by atoms with Crippen molar-refractivity contribution in [3.05, 3.63) is 0 Å². The molecule has 0 radical (unpaired) electrons. The van der Waals surface area contributed by atoms with Gasteiger partial charge in [-0.1, -0.05) is 142 Å². The van der Waals surface area contributed by atoms with Crippen LogP contribution in [0.4, 0.5) is 0 Å². The molecule has 0 fully saturated rings. The number of unbranched alkanes of at least 4 members (excludes halogenated alkanes) is 20. The zero-order valence-electron chi connectivity index (χ0n) is 22.5. The van der Waals surface area contributed by atoms with E-state index < -0.39 is 27.2 Å². The van der Waals surface area contributed by atoms with Crippen molar-refractivity contribution in [2.24, 2.45) is 0 Å². The summed E-state index contributed by atoms with van der Waals surface area (Å²) in [5, 5.41) is 0. The first-order valence-electron chi connectivity index (χ1n) is 14.2. The van der Waals surface area contributed by atoms with Gasteiger partial charge in [-0.2, -0.15) is 0 Å². The molecule has 0 aliphatic heterocycles. The van der Waals surface area contributed by atoms with E-state index in [1.165, 1.54) is 128 Å². The SMILES string of the molecule is CCCCCCCCCCCCCOP(O)OCCCCCCCCCCCCC.[O]=[Ti]([OH])[OH]. The van der Waals surface area contributed by atoms with Crippen LogP contribution in [-0.4, -0.2) is 25.5 Å². The summed E-state index contributed by atoms with van der Waals surface area (Å²) in [6.45, 7) is 5.82. The summed E-state index contributed by atoms with van der Waals surface area (Å²) in [7, 11) is -1.66. The number of hydrogen-bond acceptors (Lipinski definition) is 4. The normalized spacial score (nSPS) is 11.0. The first kappa shape index (κ1) is 36.9. The summed E-state index contributed by atoms with van der Waals surface area (Å²) < 4.78 is 34.1. The Morgan fingerprint density at radius 2 is 0.706 bits per heavy atom. The van der Waals surface area contributed by atoms with Gasteiger partial charge in [0.1, 0.15) is 0 Å². The summed E-state index contributed by atoms with van der Waals surface area (Å²) >= 11 is -3.58. The molecule has 0 aliphatic carbocycles. The molecule has 0 rings (SSSR count). The Bertz CT molecular complexity index is 358. The average molecular weight is 545 g/mol. The third-order valence-electron chi connectivity index (χ3n) is 5.90. The topological polar surface area (TPSA) is 96.2 Å². The predicted octanol–water partition coefficient (Wildman–Crippen LogP) is 8.63. The van der Waals surface area contributed by atoms with Crippen LogP contribution in [0.2, 0.25) is 0 Å². The Morgan fingerprint density at radius 1 is 0.500 bits per heavy atom. The van der Waals surface area contributed by atoms with Crippen LogP contribution in [0.15, 0.2) is 0 Å². The molecule has 3 N–H and O–H groups in total. The number of hydrogen-bond donors (Lipinski definition) is 3. The molecule has 34 heavy (non-hydrogen) atoms. The molecule has 0 atom stereocenters. The Kier molecular flexibility index (Phi) is 36.6. The molecule has 0 saturated heterocycles. The van der Waals surface area contributed by atoms with Gasteiger partial charge < -0.3 is 13.9 Å². The molecule has 0 bridgehead atoms. The predicted molar refractivity (Wildman–Crippen MR) is 139 cm³/mol. The average Bonchev–Trinajstić information content (AvgIpc) is 2.80. The zero-order chi connectivity index (χ0) is 25.5. The van der Waals surface area contributed by atoms with E-state index in [0.29, 0.717) is 13.2 Å². The molecule has 0 aromatic heterocycles. The van der Waals surface area contributed by atoms with Crippen LogP contribution in [0, 0.1) is 0 Å². The van der Waals surface area contributed by atoms with Crippen molar-refractivity contribution < 1.29 is 43.3 Å². The van der Waals surface area contributed by atoms with Crippen molar-refractivity contribution >= 4 is 8.60 Å². The summed E-state index contributed by atoms with van der Waals surface area (Å²) in [6.07, 6.45) is 29.3. The van der Waals surface area contributed by atoms with Crippen LogP contribution in [-0.2, 0) is 31.0 Å². The second-order valence-electron chi connectivity index (χ2n) is 9.26. The zero-order valence-corrected chi connectivity index (χ0v) is 24.9. The summed E-state index contributed by atoms with van der Waals surface area (Å²) in [5.74, 6) is 0. The minimum absolute atomic E-state index is 0.636. The fraction of sp³-hybridized carbons (Fsp3) is 1.00. The van der Waals surface area contributed by atoms with Crippen molar-refractivity contribution in [3.63, 3.8) is 0 Å². The van der Waals surface area contributed by atoms with Crippen LogP contribution in [0.3, 0.4) is 0 Å². The van der Waals surface area contributed by atoms with Crippen molar-refractivity contribution in [2.45, 2.75) is 155 Å². The van der Waals surface area contributed by atoms with E-state index in [1.807, 2.05) is 0 Å². The van der Waals surface area contributed by atoms with Gasteiger partial charge in [-0.25, -0.2) is 0 Å². The fourth-order valence-electron chi connectivity index (χ4n) is 3.86. The van der Waals surface area contributed by atoms with Gasteiger partial charge >= 0.3 is 37.9 Å². The van der Waals surface area contributed by atoms with E-state index in [0.717, 1.165) is 12.8 Å². The Labute approximate surface area is 219 Å². The molecule has 0 spiro atoms. The quantitative estimate of drug-likeness (QED) is 0.0573. The van der Waals surface area contributed by atoms with Crippen molar-refractivity contribution in [2.75, 3.05) is 13.2 Å². The molecule has 0 saturated carbocycles. The molecule has 0 aliphatic rings. The van der Waals surface area contributed by atoms with E-state index >= 15 is 0 Å². The van der Waals surface area contributed by atoms with E-state index in [2.05, 4.69) is 13.8 Å². The van der Waals surface area contributed by atoms with Crippen molar-refractivity contribution in [3.8, 4) is 0 Å². The maximum atomic E-state index is 9.79. The molecular weight excluding hydrogens is 487 g/mol. The van der Waals surface area contributed by atoms with E-state index in [4.69, 9.17) is 19.7 Å². The van der Waals surface area contributed by atoms with E-state index in [-0.39, 0.29) is 0 Å². The van der Waals surface area contributed by atoms with Gasteiger partial charge in [-0.05, 0) is 12.8 Å². The van der Waals surface area contributed by atoms with Gasteiger partial charge in [0.2, 0.25) is 0 Å². The maximum absolute atomic E-state index is 9.79. The standard InChI is InChI=1S/C26H55O3P.2H2O.O.Ti/c1-3-5-7-9-11-13-15-17-19-21-23-25-28-30(27)29-26-24-22-20-18-16-14-12-10-8-6-4-2;;;;/h27H,3-26H2,1-2H3;2*1H2;;/q;;;;+2/p-2. The molecule has 6 nitrogen and oxygen atoms in total. The van der Waals surface area contributed by atoms with Crippen LogP contribution in [0.25, 0.3) is 0 Å². The van der Waals surface area contributed by atoms with Crippen LogP contribution in [0.5, 0.6) is 0 Å². The molecule has 0 aromatic rings. The van der Waals surface area contributed by atoms with Crippen LogP contribution < -0.4 is 0 Å². The second kappa shape index (κ2) is 33.7. The third kappa shape index (κ3) is 39.9. The molecule has 8 heteroatoms. The molecule has 0 heterocycles. The van der Waals surface area contributed by atoms with Crippen LogP contribution in [0.1, 0.15) is 155 Å². The van der Waals surface area contributed by atoms with Crippen molar-refractivity contribution in [1.82, 2.24) is 0 Å². The van der Waals surface area contributed by atoms with Gasteiger partial charge in [0.25, 0.3) is 0 Å². The number of rotatable bonds is 26. The van der Waals surface area contributed by atoms with E-state index in [9.17, 15) is 4.89 Å². The minimum atomic E-state index is -3.58. The summed E-state index contributed by atoms with van der Waals surface area (Å²) in [5.41, 5.74) is 0. The van der Waals surface area contributed by atoms with Crippen molar-refractivity contribution in [1.29, 1.82) is 0 Å². The monoisotopic (exact) mass is 544 g/mol. The first-order valence-corrected chi connectivity index (χ1v) is 17.4. The molecule has 0 aromatic carbocycles. The molecule has 0 amide bonds. The molecule has 206 valence electrons. The Hall–Kier alpha value is 0.744. The fourth-order valence-corrected chi connectivity index (χ4v) is 4.50. The Balaban J connectivity index is 0. The molecule has 0 unspecified atom stereocenters. The van der Waals surface area contributed by atoms with Gasteiger partial charge in [-0.3, -0.25) is 0 Å². The van der Waals surface area contributed by atoms with Gasteiger partial charge in [0.15, 0.2) is 0 Å². The summed E-state index contributed by atoms with van der Waals surface area (Å²) in [6, 6.07) is 0. The third-order valence-corrected chi connectivity index (χ3v) is 6.71. The Morgan fingerprint density at radius 3 is 0.941 bits per heavy atom. The van der Waals surface area contributed by atoms with E-state index in [1.54, 1.807) is 0 Å². The summed E-state index contributed by atoms with van der Waals surface area (Å²) in [4.78, 5) is 9.79.